The molecule has 33 heavy (non-hydrogen) atoms. The molecule has 0 saturated heterocycles. The summed E-state index contributed by atoms with van der Waals surface area (Å²) < 4.78 is 32.6. The van der Waals surface area contributed by atoms with E-state index in [1.807, 2.05) is 20.8 Å². The van der Waals surface area contributed by atoms with E-state index in [4.69, 9.17) is 0 Å². The largest absolute Gasteiger partial charge is 0.381 e. The molecular formula is C25H23F2N5O. The third-order valence-electron chi connectivity index (χ3n) is 5.94. The third-order valence-corrected chi connectivity index (χ3v) is 5.94. The van der Waals surface area contributed by atoms with Gasteiger partial charge in [0.25, 0.3) is 0 Å². The van der Waals surface area contributed by atoms with Crippen LogP contribution in [0.1, 0.15) is 43.5 Å². The molecule has 1 atom stereocenters. The minimum atomic E-state index is -0.818. The highest BCUT2D eigenvalue weighted by atomic mass is 19.1. The molecule has 0 aliphatic carbocycles. The molecule has 4 aromatic rings. The molecule has 3 N–H and O–H groups in total. The maximum Gasteiger partial charge on any atom is 0.162 e. The van der Waals surface area contributed by atoms with Crippen molar-refractivity contribution < 1.29 is 13.9 Å². The Kier molecular flexibility index (Phi) is 4.59. The number of rotatable bonds is 1. The van der Waals surface area contributed by atoms with Crippen LogP contribution in [0.2, 0.25) is 0 Å². The number of aliphatic hydroxyl groups is 1. The van der Waals surface area contributed by atoms with E-state index in [2.05, 4.69) is 32.3 Å². The first-order chi connectivity index (χ1) is 15.6. The van der Waals surface area contributed by atoms with Crippen LogP contribution >= 0.6 is 0 Å². The molecule has 0 bridgehead atoms. The summed E-state index contributed by atoms with van der Waals surface area (Å²) in [5.41, 5.74) is 2.97. The molecule has 168 valence electrons. The van der Waals surface area contributed by atoms with Crippen LogP contribution in [0.5, 0.6) is 0 Å². The van der Waals surface area contributed by atoms with E-state index < -0.39 is 23.3 Å². The predicted molar refractivity (Wildman–Crippen MR) is 123 cm³/mol. The van der Waals surface area contributed by atoms with Gasteiger partial charge in [0, 0.05) is 22.7 Å². The van der Waals surface area contributed by atoms with Crippen molar-refractivity contribution in [2.24, 2.45) is 0 Å². The Morgan fingerprint density at radius 3 is 2.61 bits per heavy atom. The smallest absolute Gasteiger partial charge is 0.162 e. The summed E-state index contributed by atoms with van der Waals surface area (Å²) >= 11 is 0. The fourth-order valence-corrected chi connectivity index (χ4v) is 4.44. The molecule has 2 aromatic carbocycles. The van der Waals surface area contributed by atoms with E-state index >= 15 is 4.39 Å². The van der Waals surface area contributed by atoms with Gasteiger partial charge in [-0.3, -0.25) is 4.57 Å². The number of aliphatic hydroxyl groups excluding tert-OH is 1. The SMILES string of the molecule is Cc1cc(-c2cc(F)cc3c(C#CC(C)O)c[nH]c23)c(F)c2c1NC(C)(C)c1nnc(C)n1-2. The van der Waals surface area contributed by atoms with E-state index in [0.29, 0.717) is 45.1 Å². The lowest BCUT2D eigenvalue weighted by molar-refractivity contribution is 0.253. The molecule has 1 aliphatic rings. The molecule has 1 aliphatic heterocycles. The van der Waals surface area contributed by atoms with Crippen molar-refractivity contribution in [2.75, 3.05) is 5.32 Å². The van der Waals surface area contributed by atoms with E-state index in [1.54, 1.807) is 30.7 Å². The van der Waals surface area contributed by atoms with Gasteiger partial charge in [0.05, 0.1) is 22.3 Å². The van der Waals surface area contributed by atoms with Gasteiger partial charge in [-0.25, -0.2) is 8.78 Å². The number of halogens is 2. The number of aryl methyl sites for hydroxylation is 2. The molecule has 6 nitrogen and oxygen atoms in total. The normalized spacial score (nSPS) is 14.8. The number of anilines is 1. The van der Waals surface area contributed by atoms with E-state index in [0.717, 1.165) is 5.56 Å². The number of aromatic amines is 1. The van der Waals surface area contributed by atoms with Crippen molar-refractivity contribution in [1.29, 1.82) is 0 Å². The van der Waals surface area contributed by atoms with Crippen LogP contribution in [-0.2, 0) is 5.54 Å². The Hall–Kier alpha value is -3.70. The monoisotopic (exact) mass is 447 g/mol. The van der Waals surface area contributed by atoms with Crippen LogP contribution in [0.3, 0.4) is 0 Å². The van der Waals surface area contributed by atoms with Crippen LogP contribution in [-0.4, -0.2) is 31.0 Å². The van der Waals surface area contributed by atoms with Crippen molar-refractivity contribution in [1.82, 2.24) is 19.7 Å². The van der Waals surface area contributed by atoms with Gasteiger partial charge < -0.3 is 15.4 Å². The van der Waals surface area contributed by atoms with Crippen molar-refractivity contribution in [3.63, 3.8) is 0 Å². The quantitative estimate of drug-likeness (QED) is 0.370. The number of H-pyrrole nitrogens is 1. The molecule has 0 radical (unpaired) electrons. The zero-order valence-electron chi connectivity index (χ0n) is 18.9. The summed E-state index contributed by atoms with van der Waals surface area (Å²) in [6, 6.07) is 4.39. The van der Waals surface area contributed by atoms with Crippen LogP contribution in [0, 0.1) is 37.3 Å². The first-order valence-corrected chi connectivity index (χ1v) is 10.6. The van der Waals surface area contributed by atoms with Gasteiger partial charge in [-0.05, 0) is 58.4 Å². The van der Waals surface area contributed by atoms with Gasteiger partial charge in [0.2, 0.25) is 0 Å². The summed E-state index contributed by atoms with van der Waals surface area (Å²) in [5, 5.41) is 21.8. The van der Waals surface area contributed by atoms with E-state index in [9.17, 15) is 9.50 Å². The standard InChI is InChI=1S/C25H23F2N5O/c1-12-8-18(19-10-16(26)9-17-15(7-6-13(2)33)11-28-22(17)19)20(27)23-21(12)29-25(4,5)24-31-30-14(3)32(23)24/h8-11,13,28-29,33H,1-5H3. The molecule has 0 saturated carbocycles. The van der Waals surface area contributed by atoms with Crippen LogP contribution < -0.4 is 5.32 Å². The van der Waals surface area contributed by atoms with Gasteiger partial charge in [0.1, 0.15) is 23.4 Å². The van der Waals surface area contributed by atoms with Crippen LogP contribution in [0.15, 0.2) is 24.4 Å². The maximum atomic E-state index is 16.2. The highest BCUT2D eigenvalue weighted by molar-refractivity contribution is 5.98. The van der Waals surface area contributed by atoms with Gasteiger partial charge in [0.15, 0.2) is 11.6 Å². The number of aromatic nitrogens is 4. The summed E-state index contributed by atoms with van der Waals surface area (Å²) in [4.78, 5) is 3.11. The van der Waals surface area contributed by atoms with Crippen molar-refractivity contribution in [3.05, 3.63) is 58.8 Å². The third kappa shape index (κ3) is 3.19. The van der Waals surface area contributed by atoms with Gasteiger partial charge in [-0.15, -0.1) is 10.2 Å². The molecule has 3 heterocycles. The molecule has 8 heteroatoms. The van der Waals surface area contributed by atoms with Crippen molar-refractivity contribution in [3.8, 4) is 28.7 Å². The minimum absolute atomic E-state index is 0.258. The second-order valence-electron chi connectivity index (χ2n) is 8.96. The number of nitrogens with zero attached hydrogens (tertiary/aromatic N) is 3. The Bertz CT molecular complexity index is 1500. The Balaban J connectivity index is 1.80. The number of hydrogen-bond donors (Lipinski definition) is 3. The van der Waals surface area contributed by atoms with Gasteiger partial charge >= 0.3 is 0 Å². The van der Waals surface area contributed by atoms with Crippen LogP contribution in [0.4, 0.5) is 14.5 Å². The van der Waals surface area contributed by atoms with Crippen molar-refractivity contribution in [2.45, 2.75) is 46.3 Å². The van der Waals surface area contributed by atoms with E-state index in [1.165, 1.54) is 12.1 Å². The van der Waals surface area contributed by atoms with E-state index in [-0.39, 0.29) is 5.56 Å². The summed E-state index contributed by atoms with van der Waals surface area (Å²) in [6.45, 7) is 9.15. The number of nitrogens with one attached hydrogen (secondary N) is 2. The Morgan fingerprint density at radius 1 is 1.12 bits per heavy atom. The molecule has 2 aromatic heterocycles. The fraction of sp³-hybridized carbons (Fsp3) is 0.280. The average molecular weight is 447 g/mol. The summed E-state index contributed by atoms with van der Waals surface area (Å²) in [5.74, 6) is 5.68. The second kappa shape index (κ2) is 7.15. The lowest BCUT2D eigenvalue weighted by Crippen LogP contribution is -2.36. The lowest BCUT2D eigenvalue weighted by Gasteiger charge is -2.35. The zero-order valence-corrected chi connectivity index (χ0v) is 18.9. The molecule has 0 amide bonds. The maximum absolute atomic E-state index is 16.2. The summed E-state index contributed by atoms with van der Waals surface area (Å²) in [7, 11) is 0. The van der Waals surface area contributed by atoms with Gasteiger partial charge in [-0.1, -0.05) is 11.8 Å². The highest BCUT2D eigenvalue weighted by Gasteiger charge is 2.37. The number of benzene rings is 2. The molecule has 1 unspecified atom stereocenters. The first-order valence-electron chi connectivity index (χ1n) is 10.6. The highest BCUT2D eigenvalue weighted by Crippen LogP contribution is 2.44. The average Bonchev–Trinajstić information content (AvgIpc) is 3.32. The summed E-state index contributed by atoms with van der Waals surface area (Å²) in [6.07, 6.45) is 0.819. The molecule has 0 fully saturated rings. The predicted octanol–water partition coefficient (Wildman–Crippen LogP) is 4.70. The molecule has 0 spiro atoms. The zero-order chi connectivity index (χ0) is 23.7. The van der Waals surface area contributed by atoms with Crippen molar-refractivity contribution >= 4 is 16.6 Å². The van der Waals surface area contributed by atoms with Gasteiger partial charge in [-0.2, -0.15) is 0 Å². The lowest BCUT2D eigenvalue weighted by atomic mass is 9.93. The Morgan fingerprint density at radius 2 is 1.88 bits per heavy atom. The minimum Gasteiger partial charge on any atom is -0.381 e. The molecular weight excluding hydrogens is 424 g/mol. The van der Waals surface area contributed by atoms with Crippen LogP contribution in [0.25, 0.3) is 27.7 Å². The number of hydrogen-bond acceptors (Lipinski definition) is 4. The number of fused-ring (bicyclic) bond motifs is 4. The molecule has 5 rings (SSSR count). The fourth-order valence-electron chi connectivity index (χ4n) is 4.44. The Labute approximate surface area is 189 Å². The first kappa shape index (κ1) is 21.2. The second-order valence-corrected chi connectivity index (χ2v) is 8.96. The topological polar surface area (TPSA) is 78.8 Å².